The first kappa shape index (κ1) is 16.1. The van der Waals surface area contributed by atoms with Crippen LogP contribution in [0, 0.1) is 0 Å². The van der Waals surface area contributed by atoms with Gasteiger partial charge < -0.3 is 10.2 Å². The van der Waals surface area contributed by atoms with E-state index >= 15 is 0 Å². The fraction of sp³-hybridized carbons (Fsp3) is 0.294. The molecule has 1 saturated heterocycles. The fourth-order valence-corrected chi connectivity index (χ4v) is 3.17. The summed E-state index contributed by atoms with van der Waals surface area (Å²) in [5.41, 5.74) is 2.31. The van der Waals surface area contributed by atoms with E-state index in [1.807, 2.05) is 24.3 Å². The van der Waals surface area contributed by atoms with Gasteiger partial charge in [0.1, 0.15) is 10.3 Å². The first-order chi connectivity index (χ1) is 11.1. The molecule has 1 aromatic heterocycles. The Morgan fingerprint density at radius 1 is 1.00 bits per heavy atom. The maximum absolute atomic E-state index is 12.2. The highest BCUT2D eigenvalue weighted by Gasteiger charge is 2.12. The summed E-state index contributed by atoms with van der Waals surface area (Å²) in [5.74, 6) is -0.262. The number of carbonyl (C=O) groups is 1. The van der Waals surface area contributed by atoms with Gasteiger partial charge in [0, 0.05) is 30.0 Å². The third-order valence-corrected chi connectivity index (χ3v) is 4.26. The minimum absolute atomic E-state index is 0.197. The molecule has 3 rings (SSSR count). The lowest BCUT2D eigenvalue weighted by Gasteiger charge is -2.28. The van der Waals surface area contributed by atoms with Crippen molar-refractivity contribution in [3.8, 4) is 0 Å². The average molecular weight is 350 g/mol. The molecule has 1 amide bonds. The Kier molecular flexibility index (Phi) is 5.03. The van der Waals surface area contributed by atoms with E-state index in [4.69, 9.17) is 23.2 Å². The van der Waals surface area contributed by atoms with Gasteiger partial charge in [0.25, 0.3) is 5.91 Å². The van der Waals surface area contributed by atoms with E-state index in [0.29, 0.717) is 5.56 Å². The van der Waals surface area contributed by atoms with E-state index in [2.05, 4.69) is 15.2 Å². The van der Waals surface area contributed by atoms with Crippen molar-refractivity contribution in [2.45, 2.75) is 19.3 Å². The number of nitrogens with one attached hydrogen (secondary N) is 1. The highest BCUT2D eigenvalue weighted by molar-refractivity contribution is 6.33. The third-order valence-electron chi connectivity index (χ3n) is 3.87. The zero-order valence-corrected chi connectivity index (χ0v) is 14.1. The summed E-state index contributed by atoms with van der Waals surface area (Å²) in [5, 5.41) is 3.23. The predicted octanol–water partition coefficient (Wildman–Crippen LogP) is 4.63. The molecule has 0 atom stereocenters. The molecule has 0 radical (unpaired) electrons. The van der Waals surface area contributed by atoms with Gasteiger partial charge in [-0.2, -0.15) is 0 Å². The summed E-state index contributed by atoms with van der Waals surface area (Å²) in [4.78, 5) is 18.4. The Bertz CT molecular complexity index is 677. The second kappa shape index (κ2) is 7.20. The van der Waals surface area contributed by atoms with Gasteiger partial charge in [-0.25, -0.2) is 4.98 Å². The number of carbonyl (C=O) groups excluding carboxylic acids is 1. The van der Waals surface area contributed by atoms with Gasteiger partial charge in [-0.3, -0.25) is 4.79 Å². The molecule has 0 saturated carbocycles. The SMILES string of the molecule is O=C(Nc1ccc(N2CCCCC2)cc1)c1cc(Cl)nc(Cl)c1. The van der Waals surface area contributed by atoms with Crippen LogP contribution in [0.15, 0.2) is 36.4 Å². The number of benzene rings is 1. The van der Waals surface area contributed by atoms with Crippen molar-refractivity contribution < 1.29 is 4.79 Å². The molecule has 1 aromatic carbocycles. The minimum atomic E-state index is -0.262. The molecular formula is C17H17Cl2N3O. The average Bonchev–Trinajstić information content (AvgIpc) is 2.55. The molecule has 0 unspecified atom stereocenters. The zero-order valence-electron chi connectivity index (χ0n) is 12.6. The fourth-order valence-electron chi connectivity index (χ4n) is 2.71. The number of hydrogen-bond donors (Lipinski definition) is 1. The van der Waals surface area contributed by atoms with Crippen molar-refractivity contribution in [3.63, 3.8) is 0 Å². The lowest BCUT2D eigenvalue weighted by atomic mass is 10.1. The second-order valence-corrected chi connectivity index (χ2v) is 6.32. The van der Waals surface area contributed by atoms with Crippen LogP contribution < -0.4 is 10.2 Å². The lowest BCUT2D eigenvalue weighted by Crippen LogP contribution is -2.29. The molecule has 1 N–H and O–H groups in total. The number of piperidine rings is 1. The Hall–Kier alpha value is -1.78. The molecule has 2 aromatic rings. The lowest BCUT2D eigenvalue weighted by molar-refractivity contribution is 0.102. The zero-order chi connectivity index (χ0) is 16.2. The van der Waals surface area contributed by atoms with Crippen LogP contribution in [0.4, 0.5) is 11.4 Å². The molecule has 120 valence electrons. The van der Waals surface area contributed by atoms with E-state index in [-0.39, 0.29) is 16.2 Å². The molecular weight excluding hydrogens is 333 g/mol. The van der Waals surface area contributed by atoms with Crippen LogP contribution in [0.5, 0.6) is 0 Å². The Balaban J connectivity index is 1.68. The first-order valence-corrected chi connectivity index (χ1v) is 8.37. The molecule has 0 spiro atoms. The molecule has 1 fully saturated rings. The van der Waals surface area contributed by atoms with Crippen molar-refractivity contribution in [3.05, 3.63) is 52.3 Å². The Morgan fingerprint density at radius 2 is 1.61 bits per heavy atom. The van der Waals surface area contributed by atoms with Gasteiger partial charge in [-0.05, 0) is 55.7 Å². The Morgan fingerprint density at radius 3 is 2.22 bits per heavy atom. The normalized spacial score (nSPS) is 14.6. The second-order valence-electron chi connectivity index (χ2n) is 5.55. The van der Waals surface area contributed by atoms with E-state index in [9.17, 15) is 4.79 Å². The number of pyridine rings is 1. The number of amides is 1. The summed E-state index contributed by atoms with van der Waals surface area (Å²) in [6, 6.07) is 10.9. The molecule has 6 heteroatoms. The number of hydrogen-bond acceptors (Lipinski definition) is 3. The largest absolute Gasteiger partial charge is 0.372 e. The van der Waals surface area contributed by atoms with Gasteiger partial charge in [0.05, 0.1) is 0 Å². The standard InChI is InChI=1S/C17H17Cl2N3O/c18-15-10-12(11-16(19)21-15)17(23)20-13-4-6-14(7-5-13)22-8-2-1-3-9-22/h4-7,10-11H,1-3,8-9H2,(H,20,23). The van der Waals surface area contributed by atoms with Gasteiger partial charge in [0.15, 0.2) is 0 Å². The summed E-state index contributed by atoms with van der Waals surface area (Å²) in [6.45, 7) is 2.19. The van der Waals surface area contributed by atoms with Crippen LogP contribution >= 0.6 is 23.2 Å². The van der Waals surface area contributed by atoms with Crippen LogP contribution in [-0.2, 0) is 0 Å². The number of rotatable bonds is 3. The highest BCUT2D eigenvalue weighted by atomic mass is 35.5. The maximum atomic E-state index is 12.2. The summed E-state index contributed by atoms with van der Waals surface area (Å²) in [7, 11) is 0. The molecule has 0 bridgehead atoms. The number of anilines is 2. The number of nitrogens with zero attached hydrogens (tertiary/aromatic N) is 2. The molecule has 2 heterocycles. The quantitative estimate of drug-likeness (QED) is 0.821. The van der Waals surface area contributed by atoms with E-state index in [0.717, 1.165) is 18.8 Å². The molecule has 4 nitrogen and oxygen atoms in total. The highest BCUT2D eigenvalue weighted by Crippen LogP contribution is 2.22. The number of halogens is 2. The number of aromatic nitrogens is 1. The monoisotopic (exact) mass is 349 g/mol. The predicted molar refractivity (Wildman–Crippen MR) is 94.7 cm³/mol. The van der Waals surface area contributed by atoms with E-state index < -0.39 is 0 Å². The minimum Gasteiger partial charge on any atom is -0.372 e. The summed E-state index contributed by atoms with van der Waals surface area (Å²) in [6.07, 6.45) is 3.78. The maximum Gasteiger partial charge on any atom is 0.255 e. The first-order valence-electron chi connectivity index (χ1n) is 7.61. The van der Waals surface area contributed by atoms with Crippen LogP contribution in [0.25, 0.3) is 0 Å². The van der Waals surface area contributed by atoms with Gasteiger partial charge in [0.2, 0.25) is 0 Å². The van der Waals surface area contributed by atoms with Crippen LogP contribution in [0.1, 0.15) is 29.6 Å². The van der Waals surface area contributed by atoms with Crippen LogP contribution in [0.3, 0.4) is 0 Å². The molecule has 1 aliphatic heterocycles. The van der Waals surface area contributed by atoms with Crippen LogP contribution in [-0.4, -0.2) is 24.0 Å². The van der Waals surface area contributed by atoms with Gasteiger partial charge >= 0.3 is 0 Å². The van der Waals surface area contributed by atoms with Gasteiger partial charge in [-0.15, -0.1) is 0 Å². The van der Waals surface area contributed by atoms with E-state index in [1.165, 1.54) is 37.1 Å². The molecule has 1 aliphatic rings. The van der Waals surface area contributed by atoms with Crippen molar-refractivity contribution in [1.82, 2.24) is 4.98 Å². The summed E-state index contributed by atoms with van der Waals surface area (Å²) >= 11 is 11.6. The van der Waals surface area contributed by atoms with E-state index in [1.54, 1.807) is 0 Å². The smallest absolute Gasteiger partial charge is 0.255 e. The van der Waals surface area contributed by atoms with Crippen molar-refractivity contribution in [2.75, 3.05) is 23.3 Å². The third kappa shape index (κ3) is 4.15. The topological polar surface area (TPSA) is 45.2 Å². The van der Waals surface area contributed by atoms with Crippen molar-refractivity contribution >= 4 is 40.5 Å². The van der Waals surface area contributed by atoms with Crippen molar-refractivity contribution in [1.29, 1.82) is 0 Å². The molecule has 23 heavy (non-hydrogen) atoms. The van der Waals surface area contributed by atoms with Crippen LogP contribution in [0.2, 0.25) is 10.3 Å². The molecule has 0 aliphatic carbocycles. The van der Waals surface area contributed by atoms with Gasteiger partial charge in [-0.1, -0.05) is 23.2 Å². The summed E-state index contributed by atoms with van der Waals surface area (Å²) < 4.78 is 0. The Labute approximate surface area is 145 Å². The van der Waals surface area contributed by atoms with Crippen molar-refractivity contribution in [2.24, 2.45) is 0 Å².